The molecule has 1 aromatic heterocycles. The number of carboxylic acids is 1. The number of aromatic carboxylic acids is 1. The average Bonchev–Trinajstić information content (AvgIpc) is 2.50. The zero-order valence-electron chi connectivity index (χ0n) is 9.31. The maximum absolute atomic E-state index is 11.4. The highest BCUT2D eigenvalue weighted by Crippen LogP contribution is 2.25. The van der Waals surface area contributed by atoms with E-state index in [9.17, 15) is 13.2 Å². The molecule has 0 unspecified atom stereocenters. The van der Waals surface area contributed by atoms with Crippen LogP contribution in [0.25, 0.3) is 10.9 Å². The summed E-state index contributed by atoms with van der Waals surface area (Å²) in [7, 11) is -3.33. The summed E-state index contributed by atoms with van der Waals surface area (Å²) in [6, 6.07) is 4.42. The predicted molar refractivity (Wildman–Crippen MR) is 63.1 cm³/mol. The molecule has 5 nitrogen and oxygen atoms in total. The Kier molecular flexibility index (Phi) is 2.46. The van der Waals surface area contributed by atoms with Crippen molar-refractivity contribution in [3.63, 3.8) is 0 Å². The van der Waals surface area contributed by atoms with Crippen LogP contribution in [0.5, 0.6) is 0 Å². The molecule has 0 aliphatic rings. The maximum atomic E-state index is 11.4. The molecule has 2 rings (SSSR count). The van der Waals surface area contributed by atoms with E-state index in [0.717, 1.165) is 6.26 Å². The highest BCUT2D eigenvalue weighted by Gasteiger charge is 2.17. The van der Waals surface area contributed by atoms with Gasteiger partial charge >= 0.3 is 5.97 Å². The molecular formula is C11H11NO4S. The predicted octanol–water partition coefficient (Wildman–Crippen LogP) is 1.58. The van der Waals surface area contributed by atoms with E-state index in [1.54, 1.807) is 13.0 Å². The lowest BCUT2D eigenvalue weighted by Crippen LogP contribution is -1.99. The van der Waals surface area contributed by atoms with Crippen molar-refractivity contribution in [3.8, 4) is 0 Å². The Morgan fingerprint density at radius 1 is 1.35 bits per heavy atom. The Labute approximate surface area is 98.0 Å². The Morgan fingerprint density at radius 2 is 2.00 bits per heavy atom. The second-order valence-electron chi connectivity index (χ2n) is 3.91. The molecule has 0 saturated carbocycles. The van der Waals surface area contributed by atoms with Crippen molar-refractivity contribution in [1.82, 2.24) is 4.98 Å². The van der Waals surface area contributed by atoms with Gasteiger partial charge in [-0.15, -0.1) is 0 Å². The van der Waals surface area contributed by atoms with Crippen LogP contribution in [0.1, 0.15) is 16.1 Å². The molecular weight excluding hydrogens is 242 g/mol. The van der Waals surface area contributed by atoms with Crippen molar-refractivity contribution in [2.24, 2.45) is 0 Å². The Morgan fingerprint density at radius 3 is 2.53 bits per heavy atom. The number of hydrogen-bond donors (Lipinski definition) is 2. The van der Waals surface area contributed by atoms with Crippen LogP contribution < -0.4 is 0 Å². The minimum atomic E-state index is -3.33. The van der Waals surface area contributed by atoms with Crippen LogP contribution in [-0.4, -0.2) is 30.7 Å². The molecule has 0 bridgehead atoms. The lowest BCUT2D eigenvalue weighted by molar-refractivity contribution is 0.0698. The monoisotopic (exact) mass is 253 g/mol. The molecule has 1 aromatic carbocycles. The standard InChI is InChI=1S/C11H11NO4S/c1-6-10(11(13)14)8-5-7(17(2,15)16)3-4-9(8)12-6/h3-5,12H,1-2H3,(H,13,14). The average molecular weight is 253 g/mol. The zero-order valence-corrected chi connectivity index (χ0v) is 10.1. The summed E-state index contributed by atoms with van der Waals surface area (Å²) in [5.74, 6) is -1.07. The third-order valence-electron chi connectivity index (χ3n) is 2.60. The molecule has 6 heteroatoms. The van der Waals surface area contributed by atoms with Gasteiger partial charge in [-0.05, 0) is 25.1 Å². The molecule has 2 N–H and O–H groups in total. The summed E-state index contributed by atoms with van der Waals surface area (Å²) >= 11 is 0. The highest BCUT2D eigenvalue weighted by molar-refractivity contribution is 7.90. The molecule has 0 spiro atoms. The fourth-order valence-electron chi connectivity index (χ4n) is 1.81. The normalized spacial score (nSPS) is 11.9. The maximum Gasteiger partial charge on any atom is 0.338 e. The molecule has 90 valence electrons. The van der Waals surface area contributed by atoms with E-state index in [2.05, 4.69) is 4.98 Å². The van der Waals surface area contributed by atoms with Gasteiger partial charge in [0.15, 0.2) is 9.84 Å². The van der Waals surface area contributed by atoms with E-state index < -0.39 is 15.8 Å². The van der Waals surface area contributed by atoms with Crippen molar-refractivity contribution < 1.29 is 18.3 Å². The summed E-state index contributed by atoms with van der Waals surface area (Å²) in [5.41, 5.74) is 1.25. The van der Waals surface area contributed by atoms with E-state index in [4.69, 9.17) is 5.11 Å². The van der Waals surface area contributed by atoms with E-state index in [1.165, 1.54) is 12.1 Å². The van der Waals surface area contributed by atoms with Gasteiger partial charge in [0.05, 0.1) is 10.5 Å². The van der Waals surface area contributed by atoms with Gasteiger partial charge in [-0.3, -0.25) is 0 Å². The van der Waals surface area contributed by atoms with Gasteiger partial charge in [0, 0.05) is 22.9 Å². The Hall–Kier alpha value is -1.82. The third-order valence-corrected chi connectivity index (χ3v) is 3.71. The third kappa shape index (κ3) is 1.91. The number of sulfone groups is 1. The second kappa shape index (κ2) is 3.59. The Bertz CT molecular complexity index is 712. The smallest absolute Gasteiger partial charge is 0.338 e. The van der Waals surface area contributed by atoms with E-state index in [1.807, 2.05) is 0 Å². The van der Waals surface area contributed by atoms with Crippen molar-refractivity contribution in [2.75, 3.05) is 6.26 Å². The van der Waals surface area contributed by atoms with Gasteiger partial charge in [0.1, 0.15) is 0 Å². The van der Waals surface area contributed by atoms with E-state index >= 15 is 0 Å². The summed E-state index contributed by atoms with van der Waals surface area (Å²) in [5, 5.41) is 9.49. The van der Waals surface area contributed by atoms with Crippen molar-refractivity contribution in [2.45, 2.75) is 11.8 Å². The molecule has 2 aromatic rings. The fraction of sp³-hybridized carbons (Fsp3) is 0.182. The SMILES string of the molecule is Cc1[nH]c2ccc(S(C)(=O)=O)cc2c1C(=O)O. The van der Waals surface area contributed by atoms with E-state index in [0.29, 0.717) is 16.6 Å². The first-order valence-corrected chi connectivity index (χ1v) is 6.75. The number of rotatable bonds is 2. The van der Waals surface area contributed by atoms with Crippen molar-refractivity contribution in [1.29, 1.82) is 0 Å². The van der Waals surface area contributed by atoms with E-state index in [-0.39, 0.29) is 10.5 Å². The molecule has 0 saturated heterocycles. The zero-order chi connectivity index (χ0) is 12.8. The molecule has 17 heavy (non-hydrogen) atoms. The molecule has 0 aliphatic carbocycles. The summed E-state index contributed by atoms with van der Waals surface area (Å²) in [6.07, 6.45) is 1.09. The number of benzene rings is 1. The van der Waals surface area contributed by atoms with Crippen LogP contribution in [0.4, 0.5) is 0 Å². The minimum Gasteiger partial charge on any atom is -0.478 e. The van der Waals surface area contributed by atoms with Crippen LogP contribution in [0.15, 0.2) is 23.1 Å². The summed E-state index contributed by atoms with van der Waals surface area (Å²) in [6.45, 7) is 1.64. The van der Waals surface area contributed by atoms with Gasteiger partial charge in [-0.1, -0.05) is 0 Å². The number of nitrogens with one attached hydrogen (secondary N) is 1. The highest BCUT2D eigenvalue weighted by atomic mass is 32.2. The van der Waals surface area contributed by atoms with Crippen LogP contribution in [0, 0.1) is 6.92 Å². The van der Waals surface area contributed by atoms with Crippen molar-refractivity contribution >= 4 is 26.7 Å². The van der Waals surface area contributed by atoms with Crippen LogP contribution >= 0.6 is 0 Å². The molecule has 0 fully saturated rings. The topological polar surface area (TPSA) is 87.2 Å². The lowest BCUT2D eigenvalue weighted by Gasteiger charge is -1.99. The second-order valence-corrected chi connectivity index (χ2v) is 5.93. The fourth-order valence-corrected chi connectivity index (χ4v) is 2.46. The molecule has 0 atom stereocenters. The Balaban J connectivity index is 2.84. The van der Waals surface area contributed by atoms with Crippen LogP contribution in [0.3, 0.4) is 0 Å². The first kappa shape index (κ1) is 11.7. The number of fused-ring (bicyclic) bond motifs is 1. The van der Waals surface area contributed by atoms with Crippen LogP contribution in [-0.2, 0) is 9.84 Å². The van der Waals surface area contributed by atoms with Gasteiger partial charge in [0.2, 0.25) is 0 Å². The minimum absolute atomic E-state index is 0.116. The van der Waals surface area contributed by atoms with Crippen molar-refractivity contribution in [3.05, 3.63) is 29.5 Å². The number of aromatic amines is 1. The first-order valence-electron chi connectivity index (χ1n) is 4.86. The number of aromatic nitrogens is 1. The van der Waals surface area contributed by atoms with Gasteiger partial charge in [0.25, 0.3) is 0 Å². The number of carbonyl (C=O) groups is 1. The molecule has 0 aliphatic heterocycles. The van der Waals surface area contributed by atoms with Crippen LogP contribution in [0.2, 0.25) is 0 Å². The van der Waals surface area contributed by atoms with Gasteiger partial charge in [-0.2, -0.15) is 0 Å². The number of carboxylic acid groups (broad SMARTS) is 1. The largest absolute Gasteiger partial charge is 0.478 e. The van der Waals surface area contributed by atoms with Gasteiger partial charge < -0.3 is 10.1 Å². The first-order chi connectivity index (χ1) is 7.80. The summed E-state index contributed by atoms with van der Waals surface area (Å²) in [4.78, 5) is 14.1. The van der Waals surface area contributed by atoms with Gasteiger partial charge in [-0.25, -0.2) is 13.2 Å². The number of hydrogen-bond acceptors (Lipinski definition) is 3. The molecule has 0 radical (unpaired) electrons. The number of H-pyrrole nitrogens is 1. The quantitative estimate of drug-likeness (QED) is 0.850. The number of aryl methyl sites for hydroxylation is 1. The molecule has 0 amide bonds. The lowest BCUT2D eigenvalue weighted by atomic mass is 10.1. The summed E-state index contributed by atoms with van der Waals surface area (Å²) < 4.78 is 22.8. The molecule has 1 heterocycles.